The second kappa shape index (κ2) is 8.70. The summed E-state index contributed by atoms with van der Waals surface area (Å²) < 4.78 is 0. The van der Waals surface area contributed by atoms with E-state index in [0.717, 1.165) is 50.1 Å². The van der Waals surface area contributed by atoms with Crippen LogP contribution in [0, 0.1) is 0 Å². The highest BCUT2D eigenvalue weighted by atomic mass is 35.5. The first-order valence-electron chi connectivity index (χ1n) is 7.96. The fourth-order valence-corrected chi connectivity index (χ4v) is 2.91. The Bertz CT molecular complexity index is 624. The average Bonchev–Trinajstić information content (AvgIpc) is 2.61. The van der Waals surface area contributed by atoms with Crippen molar-refractivity contribution in [2.75, 3.05) is 26.2 Å². The van der Waals surface area contributed by atoms with Crippen LogP contribution in [-0.4, -0.2) is 37.0 Å². The van der Waals surface area contributed by atoms with Crippen LogP contribution in [0.15, 0.2) is 54.6 Å². The van der Waals surface area contributed by atoms with Gasteiger partial charge in [0.15, 0.2) is 0 Å². The quantitative estimate of drug-likeness (QED) is 0.934. The van der Waals surface area contributed by atoms with E-state index in [2.05, 4.69) is 35.6 Å². The zero-order valence-electron chi connectivity index (χ0n) is 13.2. The number of amides is 1. The summed E-state index contributed by atoms with van der Waals surface area (Å²) in [6.45, 7) is 3.37. The Morgan fingerprint density at radius 2 is 1.57 bits per heavy atom. The Labute approximate surface area is 144 Å². The van der Waals surface area contributed by atoms with E-state index in [1.54, 1.807) is 0 Å². The number of hydrogen-bond acceptors (Lipinski definition) is 2. The van der Waals surface area contributed by atoms with Gasteiger partial charge in [-0.2, -0.15) is 0 Å². The van der Waals surface area contributed by atoms with Gasteiger partial charge in [-0.05, 0) is 30.0 Å². The van der Waals surface area contributed by atoms with Crippen molar-refractivity contribution in [2.24, 2.45) is 0 Å². The molecule has 1 N–H and O–H groups in total. The third kappa shape index (κ3) is 4.57. The molecule has 0 unspecified atom stereocenters. The van der Waals surface area contributed by atoms with Crippen molar-refractivity contribution in [1.82, 2.24) is 10.2 Å². The van der Waals surface area contributed by atoms with Gasteiger partial charge in [-0.1, -0.05) is 48.5 Å². The average molecular weight is 331 g/mol. The lowest BCUT2D eigenvalue weighted by atomic mass is 9.99. The van der Waals surface area contributed by atoms with Crippen LogP contribution < -0.4 is 5.32 Å². The maximum absolute atomic E-state index is 12.7. The van der Waals surface area contributed by atoms with Crippen LogP contribution in [0.3, 0.4) is 0 Å². The number of nitrogens with zero attached hydrogens (tertiary/aromatic N) is 1. The number of aryl methyl sites for hydroxylation is 2. The minimum atomic E-state index is 0. The lowest BCUT2D eigenvalue weighted by Gasteiger charge is -2.28. The molecule has 2 aromatic rings. The lowest BCUT2D eigenvalue weighted by Crippen LogP contribution is -2.46. The maximum Gasteiger partial charge on any atom is 0.254 e. The van der Waals surface area contributed by atoms with E-state index < -0.39 is 0 Å². The van der Waals surface area contributed by atoms with Crippen LogP contribution in [-0.2, 0) is 12.8 Å². The molecular formula is C19H23ClN2O. The maximum atomic E-state index is 12.7. The van der Waals surface area contributed by atoms with Crippen LogP contribution in [0.2, 0.25) is 0 Å². The van der Waals surface area contributed by atoms with Gasteiger partial charge in [-0.3, -0.25) is 4.79 Å². The first kappa shape index (κ1) is 17.5. The first-order chi connectivity index (χ1) is 10.8. The number of halogens is 1. The summed E-state index contributed by atoms with van der Waals surface area (Å²) in [7, 11) is 0. The molecule has 0 radical (unpaired) electrons. The molecule has 0 aliphatic carbocycles. The molecule has 1 heterocycles. The Morgan fingerprint density at radius 3 is 2.30 bits per heavy atom. The van der Waals surface area contributed by atoms with E-state index in [9.17, 15) is 4.79 Å². The van der Waals surface area contributed by atoms with Crippen LogP contribution in [0.1, 0.15) is 21.5 Å². The summed E-state index contributed by atoms with van der Waals surface area (Å²) in [6.07, 6.45) is 1.87. The fraction of sp³-hybridized carbons (Fsp3) is 0.316. The van der Waals surface area contributed by atoms with E-state index in [4.69, 9.17) is 0 Å². The van der Waals surface area contributed by atoms with E-state index in [1.807, 2.05) is 29.2 Å². The monoisotopic (exact) mass is 330 g/mol. The molecule has 1 amide bonds. The van der Waals surface area contributed by atoms with Crippen molar-refractivity contribution in [3.8, 4) is 0 Å². The Kier molecular flexibility index (Phi) is 6.63. The smallest absolute Gasteiger partial charge is 0.254 e. The molecule has 0 spiro atoms. The van der Waals surface area contributed by atoms with Crippen molar-refractivity contribution in [1.29, 1.82) is 0 Å². The van der Waals surface area contributed by atoms with Crippen molar-refractivity contribution in [3.05, 3.63) is 71.3 Å². The molecule has 3 rings (SSSR count). The topological polar surface area (TPSA) is 32.3 Å². The highest BCUT2D eigenvalue weighted by molar-refractivity contribution is 5.95. The van der Waals surface area contributed by atoms with Gasteiger partial charge in [0.05, 0.1) is 0 Å². The molecule has 0 atom stereocenters. The van der Waals surface area contributed by atoms with Gasteiger partial charge in [-0.25, -0.2) is 0 Å². The summed E-state index contributed by atoms with van der Waals surface area (Å²) >= 11 is 0. The SMILES string of the molecule is Cl.O=C(c1ccccc1CCc1ccccc1)N1CCNCC1. The number of piperazine rings is 1. The van der Waals surface area contributed by atoms with Gasteiger partial charge in [0, 0.05) is 31.7 Å². The molecule has 0 saturated carbocycles. The molecular weight excluding hydrogens is 308 g/mol. The van der Waals surface area contributed by atoms with Gasteiger partial charge in [-0.15, -0.1) is 12.4 Å². The predicted octanol–water partition coefficient (Wildman–Crippen LogP) is 2.94. The molecule has 2 aromatic carbocycles. The number of hydrogen-bond donors (Lipinski definition) is 1. The number of carbonyl (C=O) groups is 1. The number of rotatable bonds is 4. The van der Waals surface area contributed by atoms with Crippen LogP contribution in [0.4, 0.5) is 0 Å². The molecule has 0 aromatic heterocycles. The lowest BCUT2D eigenvalue weighted by molar-refractivity contribution is 0.0734. The van der Waals surface area contributed by atoms with E-state index >= 15 is 0 Å². The highest BCUT2D eigenvalue weighted by Crippen LogP contribution is 2.15. The van der Waals surface area contributed by atoms with Crippen molar-refractivity contribution in [2.45, 2.75) is 12.8 Å². The minimum absolute atomic E-state index is 0. The first-order valence-corrected chi connectivity index (χ1v) is 7.96. The molecule has 4 heteroatoms. The van der Waals surface area contributed by atoms with Crippen LogP contribution >= 0.6 is 12.4 Å². The molecule has 1 aliphatic rings. The largest absolute Gasteiger partial charge is 0.336 e. The summed E-state index contributed by atoms with van der Waals surface area (Å²) in [5.41, 5.74) is 3.32. The van der Waals surface area contributed by atoms with Gasteiger partial charge >= 0.3 is 0 Å². The second-order valence-corrected chi connectivity index (χ2v) is 5.68. The summed E-state index contributed by atoms with van der Waals surface area (Å²) in [4.78, 5) is 14.7. The number of nitrogens with one attached hydrogen (secondary N) is 1. The van der Waals surface area contributed by atoms with Gasteiger partial charge in [0.2, 0.25) is 0 Å². The summed E-state index contributed by atoms with van der Waals surface area (Å²) in [5.74, 6) is 0.171. The van der Waals surface area contributed by atoms with E-state index in [1.165, 1.54) is 5.56 Å². The summed E-state index contributed by atoms with van der Waals surface area (Å²) in [5, 5.41) is 3.29. The molecule has 0 bridgehead atoms. The Hall–Kier alpha value is -1.84. The Balaban J connectivity index is 0.00000192. The molecule has 122 valence electrons. The molecule has 1 aliphatic heterocycles. The van der Waals surface area contributed by atoms with Gasteiger partial charge in [0.1, 0.15) is 0 Å². The normalized spacial score (nSPS) is 14.2. The number of benzene rings is 2. The van der Waals surface area contributed by atoms with Crippen molar-refractivity contribution >= 4 is 18.3 Å². The third-order valence-electron chi connectivity index (χ3n) is 4.18. The van der Waals surface area contributed by atoms with Crippen LogP contribution in [0.5, 0.6) is 0 Å². The zero-order chi connectivity index (χ0) is 15.2. The van der Waals surface area contributed by atoms with Crippen molar-refractivity contribution < 1.29 is 4.79 Å². The predicted molar refractivity (Wildman–Crippen MR) is 96.3 cm³/mol. The highest BCUT2D eigenvalue weighted by Gasteiger charge is 2.19. The molecule has 3 nitrogen and oxygen atoms in total. The minimum Gasteiger partial charge on any atom is -0.336 e. The Morgan fingerprint density at radius 1 is 0.913 bits per heavy atom. The fourth-order valence-electron chi connectivity index (χ4n) is 2.91. The van der Waals surface area contributed by atoms with Gasteiger partial charge < -0.3 is 10.2 Å². The molecule has 1 saturated heterocycles. The summed E-state index contributed by atoms with van der Waals surface area (Å²) in [6, 6.07) is 18.5. The second-order valence-electron chi connectivity index (χ2n) is 5.68. The van der Waals surface area contributed by atoms with Crippen molar-refractivity contribution in [3.63, 3.8) is 0 Å². The number of carbonyl (C=O) groups excluding carboxylic acids is 1. The zero-order valence-corrected chi connectivity index (χ0v) is 14.0. The molecule has 1 fully saturated rings. The standard InChI is InChI=1S/C19H22N2O.ClH/c22-19(21-14-12-20-13-15-21)18-9-5-4-8-17(18)11-10-16-6-2-1-3-7-16;/h1-9,20H,10-15H2;1H. The van der Waals surface area contributed by atoms with Crippen LogP contribution in [0.25, 0.3) is 0 Å². The molecule has 23 heavy (non-hydrogen) atoms. The van der Waals surface area contributed by atoms with E-state index in [0.29, 0.717) is 0 Å². The van der Waals surface area contributed by atoms with Gasteiger partial charge in [0.25, 0.3) is 5.91 Å². The van der Waals surface area contributed by atoms with E-state index in [-0.39, 0.29) is 18.3 Å². The third-order valence-corrected chi connectivity index (χ3v) is 4.18.